The second-order valence-corrected chi connectivity index (χ2v) is 6.09. The maximum atomic E-state index is 12.4. The van der Waals surface area contributed by atoms with Crippen molar-refractivity contribution in [1.82, 2.24) is 9.80 Å². The van der Waals surface area contributed by atoms with E-state index in [1.165, 1.54) is 0 Å². The molecule has 0 fully saturated rings. The van der Waals surface area contributed by atoms with Crippen LogP contribution in [0.15, 0.2) is 24.3 Å². The Labute approximate surface area is 128 Å². The number of rotatable bonds is 9. The first-order valence-electron chi connectivity index (χ1n) is 7.46. The first kappa shape index (κ1) is 17.7. The van der Waals surface area contributed by atoms with Gasteiger partial charge in [-0.2, -0.15) is 0 Å². The molecule has 0 heterocycles. The maximum Gasteiger partial charge on any atom is 0.176 e. The van der Waals surface area contributed by atoms with E-state index < -0.39 is 0 Å². The summed E-state index contributed by atoms with van der Waals surface area (Å²) < 4.78 is 5.18. The van der Waals surface area contributed by atoms with E-state index in [2.05, 4.69) is 37.7 Å². The van der Waals surface area contributed by atoms with E-state index >= 15 is 0 Å². The molecule has 4 nitrogen and oxygen atoms in total. The third-order valence-electron chi connectivity index (χ3n) is 3.25. The van der Waals surface area contributed by atoms with Crippen molar-refractivity contribution in [2.45, 2.75) is 13.8 Å². The van der Waals surface area contributed by atoms with Crippen LogP contribution in [0.4, 0.5) is 0 Å². The van der Waals surface area contributed by atoms with Gasteiger partial charge in [-0.3, -0.25) is 9.69 Å². The maximum absolute atomic E-state index is 12.4. The van der Waals surface area contributed by atoms with Crippen LogP contribution in [0.1, 0.15) is 24.2 Å². The predicted molar refractivity (Wildman–Crippen MR) is 87.2 cm³/mol. The number of carbonyl (C=O) groups excluding carboxylic acids is 1. The first-order chi connectivity index (χ1) is 9.92. The fraction of sp³-hybridized carbons (Fsp3) is 0.588. The van der Waals surface area contributed by atoms with Crippen molar-refractivity contribution in [3.63, 3.8) is 0 Å². The number of ether oxygens (including phenoxy) is 1. The lowest BCUT2D eigenvalue weighted by Gasteiger charge is -2.25. The smallest absolute Gasteiger partial charge is 0.176 e. The van der Waals surface area contributed by atoms with Gasteiger partial charge in [0.25, 0.3) is 0 Å². The van der Waals surface area contributed by atoms with Crippen LogP contribution in [0, 0.1) is 5.92 Å². The Morgan fingerprint density at radius 2 is 1.95 bits per heavy atom. The van der Waals surface area contributed by atoms with Gasteiger partial charge in [0, 0.05) is 25.2 Å². The van der Waals surface area contributed by atoms with E-state index in [9.17, 15) is 4.79 Å². The average molecular weight is 292 g/mol. The molecule has 0 unspecified atom stereocenters. The molecule has 118 valence electrons. The van der Waals surface area contributed by atoms with E-state index in [4.69, 9.17) is 4.74 Å². The molecule has 1 aromatic carbocycles. The SMILES string of the molecule is COc1cccc(C(=O)CN(CCN(C)C)CC(C)C)c1. The molecule has 1 rings (SSSR count). The Kier molecular flexibility index (Phi) is 7.40. The number of likely N-dealkylation sites (N-methyl/N-ethyl adjacent to an activating group) is 1. The van der Waals surface area contributed by atoms with Gasteiger partial charge in [0.1, 0.15) is 5.75 Å². The number of carbonyl (C=O) groups is 1. The Morgan fingerprint density at radius 1 is 1.24 bits per heavy atom. The van der Waals surface area contributed by atoms with Gasteiger partial charge in [0.05, 0.1) is 13.7 Å². The van der Waals surface area contributed by atoms with Crippen LogP contribution < -0.4 is 4.74 Å². The summed E-state index contributed by atoms with van der Waals surface area (Å²) in [5.74, 6) is 1.42. The number of Topliss-reactive ketones (excluding diaryl/α,β-unsaturated/α-hetero) is 1. The molecule has 0 atom stereocenters. The third kappa shape index (κ3) is 6.74. The zero-order valence-electron chi connectivity index (χ0n) is 13.9. The van der Waals surface area contributed by atoms with Crippen molar-refractivity contribution in [2.24, 2.45) is 5.92 Å². The van der Waals surface area contributed by atoms with Gasteiger partial charge in [0.15, 0.2) is 5.78 Å². The average Bonchev–Trinajstić information content (AvgIpc) is 2.44. The first-order valence-corrected chi connectivity index (χ1v) is 7.46. The van der Waals surface area contributed by atoms with E-state index in [1.54, 1.807) is 7.11 Å². The van der Waals surface area contributed by atoms with Crippen molar-refractivity contribution in [3.8, 4) is 5.75 Å². The summed E-state index contributed by atoms with van der Waals surface area (Å²) in [6.45, 7) is 7.61. The minimum absolute atomic E-state index is 0.147. The molecule has 0 aliphatic carbocycles. The number of hydrogen-bond acceptors (Lipinski definition) is 4. The summed E-state index contributed by atoms with van der Waals surface area (Å²) in [6, 6.07) is 7.37. The van der Waals surface area contributed by atoms with Crippen LogP contribution in [0.2, 0.25) is 0 Å². The minimum atomic E-state index is 0.147. The number of nitrogens with zero attached hydrogens (tertiary/aromatic N) is 2. The lowest BCUT2D eigenvalue weighted by molar-refractivity contribution is 0.0915. The topological polar surface area (TPSA) is 32.8 Å². The molecular weight excluding hydrogens is 264 g/mol. The summed E-state index contributed by atoms with van der Waals surface area (Å²) in [6.07, 6.45) is 0. The van der Waals surface area contributed by atoms with E-state index in [-0.39, 0.29) is 5.78 Å². The zero-order chi connectivity index (χ0) is 15.8. The van der Waals surface area contributed by atoms with Gasteiger partial charge in [0.2, 0.25) is 0 Å². The fourth-order valence-electron chi connectivity index (χ4n) is 2.18. The Morgan fingerprint density at radius 3 is 2.52 bits per heavy atom. The summed E-state index contributed by atoms with van der Waals surface area (Å²) in [7, 11) is 5.72. The predicted octanol–water partition coefficient (Wildman–Crippen LogP) is 2.40. The highest BCUT2D eigenvalue weighted by atomic mass is 16.5. The molecule has 4 heteroatoms. The Hall–Kier alpha value is -1.39. The van der Waals surface area contributed by atoms with Crippen molar-refractivity contribution in [2.75, 3.05) is 47.4 Å². The normalized spacial score (nSPS) is 11.4. The standard InChI is InChI=1S/C17H28N2O2/c1-14(2)12-19(10-9-18(3)4)13-17(20)15-7-6-8-16(11-15)21-5/h6-8,11,14H,9-10,12-13H2,1-5H3. The molecule has 0 N–H and O–H groups in total. The van der Waals surface area contributed by atoms with Crippen LogP contribution in [-0.2, 0) is 0 Å². The molecule has 0 amide bonds. The molecule has 0 bridgehead atoms. The highest BCUT2D eigenvalue weighted by molar-refractivity contribution is 5.97. The second-order valence-electron chi connectivity index (χ2n) is 6.09. The third-order valence-corrected chi connectivity index (χ3v) is 3.25. The molecule has 21 heavy (non-hydrogen) atoms. The highest BCUT2D eigenvalue weighted by Crippen LogP contribution is 2.13. The monoisotopic (exact) mass is 292 g/mol. The molecule has 1 aromatic rings. The van der Waals surface area contributed by atoms with E-state index in [0.717, 1.165) is 25.4 Å². The Bertz CT molecular complexity index is 444. The quantitative estimate of drug-likeness (QED) is 0.654. The van der Waals surface area contributed by atoms with Gasteiger partial charge >= 0.3 is 0 Å². The van der Waals surface area contributed by atoms with Gasteiger partial charge in [-0.1, -0.05) is 26.0 Å². The molecule has 0 aliphatic rings. The fourth-order valence-corrected chi connectivity index (χ4v) is 2.18. The lowest BCUT2D eigenvalue weighted by atomic mass is 10.1. The number of benzene rings is 1. The van der Waals surface area contributed by atoms with E-state index in [1.807, 2.05) is 24.3 Å². The van der Waals surface area contributed by atoms with Crippen molar-refractivity contribution in [3.05, 3.63) is 29.8 Å². The van der Waals surface area contributed by atoms with Gasteiger partial charge in [-0.05, 0) is 32.1 Å². The van der Waals surface area contributed by atoms with Crippen LogP contribution in [0.25, 0.3) is 0 Å². The highest BCUT2D eigenvalue weighted by Gasteiger charge is 2.14. The van der Waals surface area contributed by atoms with Crippen LogP contribution in [0.5, 0.6) is 5.75 Å². The summed E-state index contributed by atoms with van der Waals surface area (Å²) in [4.78, 5) is 16.8. The number of ketones is 1. The van der Waals surface area contributed by atoms with Gasteiger partial charge in [-0.25, -0.2) is 0 Å². The van der Waals surface area contributed by atoms with Crippen molar-refractivity contribution >= 4 is 5.78 Å². The number of methoxy groups -OCH3 is 1. The molecule has 0 spiro atoms. The molecule has 0 radical (unpaired) electrons. The van der Waals surface area contributed by atoms with Crippen LogP contribution >= 0.6 is 0 Å². The van der Waals surface area contributed by atoms with Crippen molar-refractivity contribution in [1.29, 1.82) is 0 Å². The molecule has 0 saturated heterocycles. The molecule has 0 saturated carbocycles. The number of hydrogen-bond donors (Lipinski definition) is 0. The molecular formula is C17H28N2O2. The van der Waals surface area contributed by atoms with Crippen molar-refractivity contribution < 1.29 is 9.53 Å². The zero-order valence-corrected chi connectivity index (χ0v) is 13.9. The Balaban J connectivity index is 2.69. The van der Waals surface area contributed by atoms with E-state index in [0.29, 0.717) is 18.0 Å². The summed E-state index contributed by atoms with van der Waals surface area (Å²) in [5.41, 5.74) is 0.716. The van der Waals surface area contributed by atoms with Crippen LogP contribution in [0.3, 0.4) is 0 Å². The molecule has 0 aromatic heterocycles. The minimum Gasteiger partial charge on any atom is -0.497 e. The van der Waals surface area contributed by atoms with Gasteiger partial charge in [-0.15, -0.1) is 0 Å². The van der Waals surface area contributed by atoms with Gasteiger partial charge < -0.3 is 9.64 Å². The lowest BCUT2D eigenvalue weighted by Crippen LogP contribution is -2.37. The second kappa shape index (κ2) is 8.80. The largest absolute Gasteiger partial charge is 0.497 e. The molecule has 0 aliphatic heterocycles. The summed E-state index contributed by atoms with van der Waals surface area (Å²) >= 11 is 0. The summed E-state index contributed by atoms with van der Waals surface area (Å²) in [5, 5.41) is 0. The van der Waals surface area contributed by atoms with Crippen LogP contribution in [-0.4, -0.2) is 63.0 Å².